The summed E-state index contributed by atoms with van der Waals surface area (Å²) >= 11 is 0. The zero-order valence-corrected chi connectivity index (χ0v) is 20.5. The van der Waals surface area contributed by atoms with Crippen molar-refractivity contribution in [3.63, 3.8) is 0 Å². The highest BCUT2D eigenvalue weighted by Gasteiger charge is 2.41. The number of anilines is 1. The van der Waals surface area contributed by atoms with E-state index in [1.54, 1.807) is 20.8 Å². The number of aryl methyl sites for hydroxylation is 1. The fourth-order valence-corrected chi connectivity index (χ4v) is 4.11. The normalized spacial score (nSPS) is 19.0. The number of ether oxygens (including phenoxy) is 1. The van der Waals surface area contributed by atoms with Crippen LogP contribution in [0, 0.1) is 0 Å². The average molecular weight is 522 g/mol. The number of carbonyl (C=O) groups is 1. The van der Waals surface area contributed by atoms with Gasteiger partial charge >= 0.3 is 18.4 Å². The molecule has 1 aliphatic rings. The maximum absolute atomic E-state index is 13.4. The Morgan fingerprint density at radius 2 is 1.67 bits per heavy atom. The zero-order valence-electron chi connectivity index (χ0n) is 20.5. The van der Waals surface area contributed by atoms with Crippen molar-refractivity contribution in [3.8, 4) is 0 Å². The van der Waals surface area contributed by atoms with Crippen molar-refractivity contribution < 1.29 is 35.9 Å². The molecule has 14 heteroatoms. The van der Waals surface area contributed by atoms with Crippen LogP contribution in [-0.4, -0.2) is 55.4 Å². The fraction of sp³-hybridized carbons (Fsp3) is 0.636. The smallest absolute Gasteiger partial charge is 0.416 e. The summed E-state index contributed by atoms with van der Waals surface area (Å²) in [5.74, 6) is 0.0226. The first-order chi connectivity index (χ1) is 16.5. The van der Waals surface area contributed by atoms with Crippen molar-refractivity contribution in [2.24, 2.45) is 7.05 Å². The maximum atomic E-state index is 13.4. The monoisotopic (exact) mass is 522 g/mol. The predicted molar refractivity (Wildman–Crippen MR) is 117 cm³/mol. The van der Waals surface area contributed by atoms with Crippen molar-refractivity contribution in [3.05, 3.63) is 34.9 Å². The van der Waals surface area contributed by atoms with Gasteiger partial charge in [0.2, 0.25) is 0 Å². The van der Waals surface area contributed by atoms with Crippen molar-refractivity contribution >= 4 is 12.0 Å². The van der Waals surface area contributed by atoms with Gasteiger partial charge in [-0.15, -0.1) is 5.10 Å². The van der Waals surface area contributed by atoms with Crippen LogP contribution in [0.4, 0.5) is 37.1 Å². The summed E-state index contributed by atoms with van der Waals surface area (Å²) < 4.78 is 85.9. The van der Waals surface area contributed by atoms with Crippen LogP contribution >= 0.6 is 0 Å². The van der Waals surface area contributed by atoms with Crippen LogP contribution in [0.2, 0.25) is 0 Å². The van der Waals surface area contributed by atoms with E-state index < -0.39 is 41.2 Å². The standard InChI is InChI=1S/C22H28F6N6O2/c1-6-16-10-17(12-34(16)19(35)36-20(2,3)4)33(18-29-31-32(5)30-18)11-13-7-14(21(23,24)25)9-15(8-13)22(26,27)28/h7-9,16-17H,6,10-12H2,1-5H3/t16-,17+/m1/s1. The Labute approximate surface area is 204 Å². The summed E-state index contributed by atoms with van der Waals surface area (Å²) in [5.41, 5.74) is -3.79. The quantitative estimate of drug-likeness (QED) is 0.512. The number of likely N-dealkylation sites (tertiary alicyclic amines) is 1. The first-order valence-electron chi connectivity index (χ1n) is 11.3. The molecule has 36 heavy (non-hydrogen) atoms. The summed E-state index contributed by atoms with van der Waals surface area (Å²) in [4.78, 5) is 16.9. The molecule has 3 rings (SSSR count). The number of alkyl halides is 6. The highest BCUT2D eigenvalue weighted by Crippen LogP contribution is 2.37. The molecule has 0 aliphatic carbocycles. The molecule has 1 aromatic heterocycles. The van der Waals surface area contributed by atoms with Gasteiger partial charge in [-0.1, -0.05) is 12.0 Å². The van der Waals surface area contributed by atoms with E-state index >= 15 is 0 Å². The van der Waals surface area contributed by atoms with Crippen LogP contribution in [0.1, 0.15) is 57.2 Å². The largest absolute Gasteiger partial charge is 0.444 e. The summed E-state index contributed by atoms with van der Waals surface area (Å²) in [6.07, 6.45) is -9.54. The number of tetrazole rings is 1. The SMILES string of the molecule is CC[C@@H]1C[C@H](N(Cc2cc(C(F)(F)F)cc(C(F)(F)F)c2)c2nnn(C)n2)CN1C(=O)OC(C)(C)C. The van der Waals surface area contributed by atoms with Crippen molar-refractivity contribution in [2.75, 3.05) is 11.4 Å². The number of rotatable bonds is 5. The van der Waals surface area contributed by atoms with Crippen molar-refractivity contribution in [1.29, 1.82) is 0 Å². The summed E-state index contributed by atoms with van der Waals surface area (Å²) in [6, 6.07) is 0.681. The minimum atomic E-state index is -4.97. The second-order valence-electron chi connectivity index (χ2n) is 9.71. The van der Waals surface area contributed by atoms with Gasteiger partial charge in [0.25, 0.3) is 5.95 Å². The first kappa shape index (κ1) is 27.5. The molecule has 2 atom stereocenters. The van der Waals surface area contributed by atoms with Gasteiger partial charge in [-0.3, -0.25) is 0 Å². The molecule has 2 aromatic rings. The topological polar surface area (TPSA) is 76.4 Å². The Balaban J connectivity index is 1.99. The van der Waals surface area contributed by atoms with E-state index in [0.29, 0.717) is 25.0 Å². The third-order valence-electron chi connectivity index (χ3n) is 5.69. The molecule has 0 N–H and O–H groups in total. The van der Waals surface area contributed by atoms with Gasteiger partial charge in [0.15, 0.2) is 0 Å². The van der Waals surface area contributed by atoms with E-state index in [0.717, 1.165) is 4.80 Å². The molecule has 1 aliphatic heterocycles. The minimum absolute atomic E-state index is 0.0226. The lowest BCUT2D eigenvalue weighted by atomic mass is 10.0. The third kappa shape index (κ3) is 6.58. The molecular formula is C22H28F6N6O2. The van der Waals surface area contributed by atoms with Gasteiger partial charge in [0.1, 0.15) is 5.60 Å². The van der Waals surface area contributed by atoms with Crippen LogP contribution in [0.5, 0.6) is 0 Å². The Morgan fingerprint density at radius 3 is 2.11 bits per heavy atom. The van der Waals surface area contributed by atoms with Gasteiger partial charge in [-0.25, -0.2) is 4.79 Å². The number of halogens is 6. The highest BCUT2D eigenvalue weighted by atomic mass is 19.4. The molecule has 1 amide bonds. The van der Waals surface area contributed by atoms with Crippen LogP contribution < -0.4 is 4.90 Å². The molecule has 2 heterocycles. The lowest BCUT2D eigenvalue weighted by Gasteiger charge is -2.29. The molecule has 0 unspecified atom stereocenters. The van der Waals surface area contributed by atoms with Crippen molar-refractivity contribution in [2.45, 2.75) is 77.1 Å². The van der Waals surface area contributed by atoms with E-state index in [4.69, 9.17) is 4.74 Å². The minimum Gasteiger partial charge on any atom is -0.444 e. The van der Waals surface area contributed by atoms with Crippen LogP contribution in [0.3, 0.4) is 0 Å². The molecule has 0 spiro atoms. The second-order valence-corrected chi connectivity index (χ2v) is 9.71. The van der Waals surface area contributed by atoms with Crippen molar-refractivity contribution in [1.82, 2.24) is 25.1 Å². The summed E-state index contributed by atoms with van der Waals surface area (Å²) in [7, 11) is 1.48. The number of aromatic nitrogens is 4. The zero-order chi connectivity index (χ0) is 27.1. The van der Waals surface area contributed by atoms with E-state index in [-0.39, 0.29) is 36.7 Å². The molecule has 0 bridgehead atoms. The third-order valence-corrected chi connectivity index (χ3v) is 5.69. The fourth-order valence-electron chi connectivity index (χ4n) is 4.11. The average Bonchev–Trinajstić information content (AvgIpc) is 3.35. The number of carbonyl (C=O) groups excluding carboxylic acids is 1. The van der Waals surface area contributed by atoms with E-state index in [2.05, 4.69) is 15.4 Å². The Kier molecular flexibility index (Phi) is 7.47. The molecule has 1 aromatic carbocycles. The number of benzene rings is 1. The molecule has 1 fully saturated rings. The Hall–Kier alpha value is -3.06. The Morgan fingerprint density at radius 1 is 1.08 bits per heavy atom. The van der Waals surface area contributed by atoms with Gasteiger partial charge < -0.3 is 14.5 Å². The van der Waals surface area contributed by atoms with E-state index in [1.165, 1.54) is 16.8 Å². The predicted octanol–water partition coefficient (Wildman–Crippen LogP) is 5.04. The number of hydrogen-bond donors (Lipinski definition) is 0. The summed E-state index contributed by atoms with van der Waals surface area (Å²) in [6.45, 7) is 6.81. The molecular weight excluding hydrogens is 494 g/mol. The highest BCUT2D eigenvalue weighted by molar-refractivity contribution is 5.69. The Bertz CT molecular complexity index is 1050. The van der Waals surface area contributed by atoms with Gasteiger partial charge in [0, 0.05) is 19.1 Å². The van der Waals surface area contributed by atoms with Crippen LogP contribution in [0.25, 0.3) is 0 Å². The van der Waals surface area contributed by atoms with Gasteiger partial charge in [-0.05, 0) is 62.6 Å². The second kappa shape index (κ2) is 9.77. The lowest BCUT2D eigenvalue weighted by Crippen LogP contribution is -2.42. The number of nitrogens with zero attached hydrogens (tertiary/aromatic N) is 6. The van der Waals surface area contributed by atoms with E-state index in [9.17, 15) is 31.1 Å². The maximum Gasteiger partial charge on any atom is 0.416 e. The lowest BCUT2D eigenvalue weighted by molar-refractivity contribution is -0.143. The molecule has 0 saturated carbocycles. The molecule has 0 radical (unpaired) electrons. The van der Waals surface area contributed by atoms with Crippen LogP contribution in [-0.2, 0) is 30.7 Å². The number of hydrogen-bond acceptors (Lipinski definition) is 6. The molecule has 1 saturated heterocycles. The summed E-state index contributed by atoms with van der Waals surface area (Å²) in [5, 5.41) is 11.8. The first-order valence-corrected chi connectivity index (χ1v) is 11.3. The molecule has 8 nitrogen and oxygen atoms in total. The van der Waals surface area contributed by atoms with Crippen LogP contribution in [0.15, 0.2) is 18.2 Å². The van der Waals surface area contributed by atoms with E-state index in [1.807, 2.05) is 6.92 Å². The van der Waals surface area contributed by atoms with Gasteiger partial charge in [-0.2, -0.15) is 31.1 Å². The van der Waals surface area contributed by atoms with Gasteiger partial charge in [0.05, 0.1) is 24.2 Å². The number of amides is 1. The molecule has 200 valence electrons.